The predicted octanol–water partition coefficient (Wildman–Crippen LogP) is 3.22. The molecule has 1 rings (SSSR count). The number of amides is 1. The predicted molar refractivity (Wildman–Crippen MR) is 81.7 cm³/mol. The number of para-hydroxylation sites is 1. The molecule has 20 heavy (non-hydrogen) atoms. The highest BCUT2D eigenvalue weighted by atomic mass is 35.5. The number of rotatable bonds is 8. The lowest BCUT2D eigenvalue weighted by atomic mass is 10.2. The van der Waals surface area contributed by atoms with E-state index in [0.29, 0.717) is 37.2 Å². The normalized spacial score (nSPS) is 10.7. The number of carbonyl (C=O) groups is 1. The maximum atomic E-state index is 11.4. The quantitative estimate of drug-likeness (QED) is 0.592. The Labute approximate surface area is 125 Å². The summed E-state index contributed by atoms with van der Waals surface area (Å²) in [6.45, 7) is 7.79. The van der Waals surface area contributed by atoms with Crippen molar-refractivity contribution < 1.29 is 14.3 Å². The van der Waals surface area contributed by atoms with Crippen LogP contribution < -0.4 is 10.1 Å². The highest BCUT2D eigenvalue weighted by Gasteiger charge is 2.09. The summed E-state index contributed by atoms with van der Waals surface area (Å²) in [5.74, 6) is 0.816. The molecule has 1 aromatic rings. The zero-order valence-corrected chi connectivity index (χ0v) is 13.0. The lowest BCUT2D eigenvalue weighted by Gasteiger charge is -2.14. The van der Waals surface area contributed by atoms with Crippen LogP contribution in [0.25, 0.3) is 0 Å². The minimum Gasteiger partial charge on any atom is -0.489 e. The molecule has 0 aliphatic rings. The number of benzene rings is 1. The van der Waals surface area contributed by atoms with E-state index in [1.807, 2.05) is 25.1 Å². The zero-order valence-electron chi connectivity index (χ0n) is 12.2. The molecule has 1 aromatic carbocycles. The second kappa shape index (κ2) is 8.82. The molecular formula is C15H22ClNO3. The van der Waals surface area contributed by atoms with Gasteiger partial charge in [0.1, 0.15) is 18.2 Å². The fourth-order valence-electron chi connectivity index (χ4n) is 1.62. The van der Waals surface area contributed by atoms with Gasteiger partial charge in [-0.3, -0.25) is 4.79 Å². The van der Waals surface area contributed by atoms with Crippen LogP contribution in [0.4, 0.5) is 5.69 Å². The highest BCUT2D eigenvalue weighted by Crippen LogP contribution is 2.28. The Hall–Kier alpha value is -1.26. The van der Waals surface area contributed by atoms with Gasteiger partial charge in [0.15, 0.2) is 0 Å². The van der Waals surface area contributed by atoms with Gasteiger partial charge in [-0.2, -0.15) is 0 Å². The lowest BCUT2D eigenvalue weighted by Crippen LogP contribution is -2.16. The Morgan fingerprint density at radius 1 is 1.35 bits per heavy atom. The van der Waals surface area contributed by atoms with Crippen LogP contribution in [0.3, 0.4) is 0 Å². The summed E-state index contributed by atoms with van der Waals surface area (Å²) >= 11 is 5.51. The number of nitrogens with one attached hydrogen (secondary N) is 1. The number of hydrogen-bond donors (Lipinski definition) is 1. The average molecular weight is 300 g/mol. The molecule has 0 saturated carbocycles. The summed E-state index contributed by atoms with van der Waals surface area (Å²) in [6.07, 6.45) is 0. The maximum absolute atomic E-state index is 11.4. The number of carbonyl (C=O) groups excluding carboxylic acids is 1. The molecule has 0 bridgehead atoms. The van der Waals surface area contributed by atoms with Crippen LogP contribution in [0.1, 0.15) is 19.4 Å². The summed E-state index contributed by atoms with van der Waals surface area (Å²) < 4.78 is 11.1. The second-order valence-electron chi connectivity index (χ2n) is 4.95. The van der Waals surface area contributed by atoms with Crippen molar-refractivity contribution in [3.63, 3.8) is 0 Å². The summed E-state index contributed by atoms with van der Waals surface area (Å²) in [5, 5.41) is 2.75. The largest absolute Gasteiger partial charge is 0.489 e. The highest BCUT2D eigenvalue weighted by molar-refractivity contribution is 6.29. The molecule has 0 aliphatic carbocycles. The first-order chi connectivity index (χ1) is 9.54. The Morgan fingerprint density at radius 2 is 2.10 bits per heavy atom. The Bertz CT molecular complexity index is 435. The van der Waals surface area contributed by atoms with Gasteiger partial charge in [0.25, 0.3) is 0 Å². The van der Waals surface area contributed by atoms with E-state index in [-0.39, 0.29) is 11.8 Å². The zero-order chi connectivity index (χ0) is 15.0. The number of alkyl halides is 1. The van der Waals surface area contributed by atoms with Crippen LogP contribution in [0.5, 0.6) is 5.75 Å². The first kappa shape index (κ1) is 16.8. The Kier molecular flexibility index (Phi) is 7.41. The van der Waals surface area contributed by atoms with Crippen molar-refractivity contribution >= 4 is 23.2 Å². The molecule has 112 valence electrons. The van der Waals surface area contributed by atoms with Crippen molar-refractivity contribution in [2.24, 2.45) is 5.92 Å². The third kappa shape index (κ3) is 5.80. The molecule has 0 heterocycles. The molecule has 5 heteroatoms. The van der Waals surface area contributed by atoms with E-state index >= 15 is 0 Å². The minimum absolute atomic E-state index is 0.0781. The number of hydrogen-bond acceptors (Lipinski definition) is 3. The molecule has 0 atom stereocenters. The second-order valence-corrected chi connectivity index (χ2v) is 5.21. The van der Waals surface area contributed by atoms with Crippen molar-refractivity contribution in [3.8, 4) is 5.75 Å². The summed E-state index contributed by atoms with van der Waals surface area (Å²) in [7, 11) is 0. The lowest BCUT2D eigenvalue weighted by molar-refractivity contribution is -0.113. The van der Waals surface area contributed by atoms with Gasteiger partial charge in [-0.1, -0.05) is 26.0 Å². The van der Waals surface area contributed by atoms with Gasteiger partial charge in [0, 0.05) is 6.61 Å². The fourth-order valence-corrected chi connectivity index (χ4v) is 1.69. The van der Waals surface area contributed by atoms with Crippen molar-refractivity contribution in [1.29, 1.82) is 0 Å². The van der Waals surface area contributed by atoms with E-state index in [9.17, 15) is 4.79 Å². The van der Waals surface area contributed by atoms with E-state index in [4.69, 9.17) is 21.1 Å². The molecule has 1 N–H and O–H groups in total. The first-order valence-corrected chi connectivity index (χ1v) is 7.24. The van der Waals surface area contributed by atoms with Crippen molar-refractivity contribution in [3.05, 3.63) is 23.8 Å². The third-order valence-electron chi connectivity index (χ3n) is 2.56. The van der Waals surface area contributed by atoms with Gasteiger partial charge in [-0.25, -0.2) is 0 Å². The summed E-state index contributed by atoms with van der Waals surface area (Å²) in [5.41, 5.74) is 1.60. The Morgan fingerprint density at radius 3 is 2.75 bits per heavy atom. The van der Waals surface area contributed by atoms with Gasteiger partial charge in [0.05, 0.1) is 12.3 Å². The van der Waals surface area contributed by atoms with Crippen LogP contribution in [-0.2, 0) is 9.53 Å². The van der Waals surface area contributed by atoms with E-state index in [1.165, 1.54) is 0 Å². The number of ether oxygens (including phenoxy) is 2. The molecule has 0 aliphatic heterocycles. The SMILES string of the molecule is Cc1cccc(OCCOCC(C)C)c1NC(=O)CCl. The third-order valence-corrected chi connectivity index (χ3v) is 2.80. The summed E-state index contributed by atoms with van der Waals surface area (Å²) in [4.78, 5) is 11.4. The van der Waals surface area contributed by atoms with Crippen molar-refractivity contribution in [2.45, 2.75) is 20.8 Å². The van der Waals surface area contributed by atoms with E-state index in [2.05, 4.69) is 19.2 Å². The van der Waals surface area contributed by atoms with Crippen LogP contribution in [0, 0.1) is 12.8 Å². The fraction of sp³-hybridized carbons (Fsp3) is 0.533. The van der Waals surface area contributed by atoms with Gasteiger partial charge in [-0.15, -0.1) is 11.6 Å². The van der Waals surface area contributed by atoms with E-state index in [1.54, 1.807) is 0 Å². The number of aryl methyl sites for hydroxylation is 1. The molecule has 4 nitrogen and oxygen atoms in total. The molecule has 1 amide bonds. The van der Waals surface area contributed by atoms with Gasteiger partial charge >= 0.3 is 0 Å². The maximum Gasteiger partial charge on any atom is 0.239 e. The van der Waals surface area contributed by atoms with Crippen molar-refractivity contribution in [2.75, 3.05) is 31.0 Å². The number of anilines is 1. The van der Waals surface area contributed by atoms with Gasteiger partial charge in [-0.05, 0) is 24.5 Å². The topological polar surface area (TPSA) is 47.6 Å². The molecule has 0 unspecified atom stereocenters. The number of halogens is 1. The van der Waals surface area contributed by atoms with Crippen molar-refractivity contribution in [1.82, 2.24) is 0 Å². The van der Waals surface area contributed by atoms with Crippen LogP contribution in [0.2, 0.25) is 0 Å². The van der Waals surface area contributed by atoms with E-state index < -0.39 is 0 Å². The first-order valence-electron chi connectivity index (χ1n) is 6.70. The van der Waals surface area contributed by atoms with E-state index in [0.717, 1.165) is 5.56 Å². The van der Waals surface area contributed by atoms with Crippen LogP contribution in [-0.4, -0.2) is 31.6 Å². The molecule has 0 aromatic heterocycles. The molecule has 0 spiro atoms. The van der Waals surface area contributed by atoms with Gasteiger partial charge in [0.2, 0.25) is 5.91 Å². The standard InChI is InChI=1S/C15H22ClNO3/c1-11(2)10-19-7-8-20-13-6-4-5-12(3)15(13)17-14(18)9-16/h4-6,11H,7-10H2,1-3H3,(H,17,18). The average Bonchev–Trinajstić information content (AvgIpc) is 2.41. The smallest absolute Gasteiger partial charge is 0.239 e. The molecule has 0 radical (unpaired) electrons. The monoisotopic (exact) mass is 299 g/mol. The van der Waals surface area contributed by atoms with Crippen LogP contribution >= 0.6 is 11.6 Å². The molecule has 0 saturated heterocycles. The van der Waals surface area contributed by atoms with Gasteiger partial charge < -0.3 is 14.8 Å². The Balaban J connectivity index is 2.56. The minimum atomic E-state index is -0.248. The van der Waals surface area contributed by atoms with Crippen LogP contribution in [0.15, 0.2) is 18.2 Å². The summed E-state index contributed by atoms with van der Waals surface area (Å²) in [6, 6.07) is 5.61. The molecular weight excluding hydrogens is 278 g/mol. The molecule has 0 fully saturated rings.